The molecular weight excluding hydrogens is 434 g/mol. The largest absolute Gasteiger partial charge is 0.497 e. The van der Waals surface area contributed by atoms with Crippen LogP contribution >= 0.6 is 0 Å². The Labute approximate surface area is 199 Å². The standard InChI is InChI=1S/C26H33N3O5/c1-5-16-14-29-11-9-17(16)12-22(29)24(34-26(32)28-23(15(2)3)25(30)31)19-8-10-27-21-7-6-18(33-4)13-20(19)21/h5-8,10,13,15-17,22-24H,1,9,11-12,14H2,2-4H3,(H,28,32)(H,30,31)/t16-,17+,22+,23?,24-/m1/s1. The van der Waals surface area contributed by atoms with Gasteiger partial charge in [-0.05, 0) is 61.4 Å². The molecule has 0 aliphatic carbocycles. The van der Waals surface area contributed by atoms with Crippen LogP contribution in [0.15, 0.2) is 43.1 Å². The number of carbonyl (C=O) groups is 2. The number of hydrogen-bond donors (Lipinski definition) is 2. The van der Waals surface area contributed by atoms with Crippen molar-refractivity contribution in [3.8, 4) is 5.75 Å². The van der Waals surface area contributed by atoms with E-state index in [1.54, 1.807) is 27.2 Å². The lowest BCUT2D eigenvalue weighted by atomic mass is 9.73. The van der Waals surface area contributed by atoms with Crippen LogP contribution in [-0.2, 0) is 9.53 Å². The fourth-order valence-electron chi connectivity index (χ4n) is 5.35. The second-order valence-corrected chi connectivity index (χ2v) is 9.56. The Kier molecular flexibility index (Phi) is 7.07. The van der Waals surface area contributed by atoms with Gasteiger partial charge in [-0.15, -0.1) is 6.58 Å². The Bertz CT molecular complexity index is 1070. The predicted octanol–water partition coefficient (Wildman–Crippen LogP) is 4.02. The lowest BCUT2D eigenvalue weighted by Gasteiger charge is -2.51. The molecule has 1 aromatic carbocycles. The zero-order chi connectivity index (χ0) is 24.4. The first-order valence-electron chi connectivity index (χ1n) is 11.8. The number of carbonyl (C=O) groups excluding carboxylic acids is 1. The van der Waals surface area contributed by atoms with Crippen molar-refractivity contribution >= 4 is 23.0 Å². The molecule has 8 heteroatoms. The van der Waals surface area contributed by atoms with Gasteiger partial charge in [-0.25, -0.2) is 9.59 Å². The van der Waals surface area contributed by atoms with Crippen LogP contribution in [0.1, 0.15) is 38.4 Å². The van der Waals surface area contributed by atoms with Gasteiger partial charge in [-0.1, -0.05) is 19.9 Å². The molecule has 6 atom stereocenters. The normalized spacial score (nSPS) is 25.5. The summed E-state index contributed by atoms with van der Waals surface area (Å²) in [6, 6.07) is 6.46. The molecule has 182 valence electrons. The van der Waals surface area contributed by atoms with Crippen molar-refractivity contribution in [2.45, 2.75) is 44.9 Å². The number of amides is 1. The SMILES string of the molecule is C=C[C@@H]1CN2CC[C@H]1C[C@H]2[C@H](OC(=O)NC(C(=O)O)C(C)C)c1ccnc2ccc(OC)cc12. The van der Waals surface area contributed by atoms with Crippen LogP contribution in [0.2, 0.25) is 0 Å². The van der Waals surface area contributed by atoms with Crippen LogP contribution in [0, 0.1) is 17.8 Å². The monoisotopic (exact) mass is 467 g/mol. The van der Waals surface area contributed by atoms with E-state index in [0.29, 0.717) is 17.6 Å². The minimum atomic E-state index is -1.09. The Balaban J connectivity index is 1.71. The second-order valence-electron chi connectivity index (χ2n) is 9.56. The average Bonchev–Trinajstić information content (AvgIpc) is 2.85. The number of hydrogen-bond acceptors (Lipinski definition) is 6. The number of carboxylic acid groups (broad SMARTS) is 1. The molecule has 3 aliphatic rings. The van der Waals surface area contributed by atoms with E-state index in [0.717, 1.165) is 42.4 Å². The molecular formula is C26H33N3O5. The summed E-state index contributed by atoms with van der Waals surface area (Å²) in [5.74, 6) is 0.222. The first kappa shape index (κ1) is 24.0. The highest BCUT2D eigenvalue weighted by Gasteiger charge is 2.44. The van der Waals surface area contributed by atoms with Crippen LogP contribution in [-0.4, -0.2) is 59.3 Å². The van der Waals surface area contributed by atoms with Crippen LogP contribution in [0.25, 0.3) is 10.9 Å². The summed E-state index contributed by atoms with van der Waals surface area (Å²) in [6.07, 6.45) is 4.38. The van der Waals surface area contributed by atoms with Crippen molar-refractivity contribution in [1.29, 1.82) is 0 Å². The van der Waals surface area contributed by atoms with Crippen LogP contribution in [0.3, 0.4) is 0 Å². The molecule has 2 bridgehead atoms. The van der Waals surface area contributed by atoms with Crippen LogP contribution in [0.5, 0.6) is 5.75 Å². The molecule has 3 fully saturated rings. The lowest BCUT2D eigenvalue weighted by Crippen LogP contribution is -2.56. The molecule has 4 heterocycles. The summed E-state index contributed by atoms with van der Waals surface area (Å²) < 4.78 is 11.5. The van der Waals surface area contributed by atoms with Crippen molar-refractivity contribution < 1.29 is 24.2 Å². The number of pyridine rings is 1. The number of fused-ring (bicyclic) bond motifs is 4. The highest BCUT2D eigenvalue weighted by atomic mass is 16.6. The van der Waals surface area contributed by atoms with Gasteiger partial charge in [0.2, 0.25) is 0 Å². The van der Waals surface area contributed by atoms with Crippen LogP contribution in [0.4, 0.5) is 4.79 Å². The number of ether oxygens (including phenoxy) is 2. The molecule has 8 nitrogen and oxygen atoms in total. The van der Waals surface area contributed by atoms with Crippen molar-refractivity contribution in [3.63, 3.8) is 0 Å². The van der Waals surface area contributed by atoms with Gasteiger partial charge >= 0.3 is 12.1 Å². The number of carboxylic acids is 1. The maximum absolute atomic E-state index is 13.0. The summed E-state index contributed by atoms with van der Waals surface area (Å²) in [6.45, 7) is 9.31. The first-order chi connectivity index (χ1) is 16.3. The van der Waals surface area contributed by atoms with Gasteiger partial charge in [-0.3, -0.25) is 9.88 Å². The van der Waals surface area contributed by atoms with E-state index in [1.165, 1.54) is 0 Å². The Morgan fingerprint density at radius 2 is 2.12 bits per heavy atom. The molecule has 1 aromatic heterocycles. The smallest absolute Gasteiger partial charge is 0.408 e. The predicted molar refractivity (Wildman–Crippen MR) is 129 cm³/mol. The zero-order valence-corrected chi connectivity index (χ0v) is 19.9. The van der Waals surface area contributed by atoms with E-state index in [4.69, 9.17) is 9.47 Å². The minimum Gasteiger partial charge on any atom is -0.497 e. The minimum absolute atomic E-state index is 0.0279. The Morgan fingerprint density at radius 3 is 2.74 bits per heavy atom. The highest BCUT2D eigenvalue weighted by molar-refractivity contribution is 5.85. The van der Waals surface area contributed by atoms with E-state index in [-0.39, 0.29) is 12.0 Å². The molecule has 1 amide bonds. The third kappa shape index (κ3) is 4.73. The van der Waals surface area contributed by atoms with Crippen molar-refractivity contribution in [3.05, 3.63) is 48.7 Å². The average molecular weight is 468 g/mol. The van der Waals surface area contributed by atoms with Crippen molar-refractivity contribution in [2.24, 2.45) is 17.8 Å². The van der Waals surface area contributed by atoms with Crippen molar-refractivity contribution in [1.82, 2.24) is 15.2 Å². The van der Waals surface area contributed by atoms with Gasteiger partial charge in [0.25, 0.3) is 0 Å². The van der Waals surface area contributed by atoms with Gasteiger partial charge in [-0.2, -0.15) is 0 Å². The fraction of sp³-hybridized carbons (Fsp3) is 0.500. The maximum atomic E-state index is 13.0. The van der Waals surface area contributed by atoms with E-state index in [1.807, 2.05) is 30.3 Å². The summed E-state index contributed by atoms with van der Waals surface area (Å²) in [5, 5.41) is 12.9. The summed E-state index contributed by atoms with van der Waals surface area (Å²) >= 11 is 0. The number of piperidine rings is 3. The fourth-order valence-corrected chi connectivity index (χ4v) is 5.35. The van der Waals surface area contributed by atoms with Gasteiger partial charge in [0, 0.05) is 23.7 Å². The number of rotatable bonds is 8. The third-order valence-electron chi connectivity index (χ3n) is 7.23. The highest BCUT2D eigenvalue weighted by Crippen LogP contribution is 2.43. The number of nitrogens with zero attached hydrogens (tertiary/aromatic N) is 2. The molecule has 0 saturated carbocycles. The summed E-state index contributed by atoms with van der Waals surface area (Å²) in [4.78, 5) is 31.5. The number of nitrogens with one attached hydrogen (secondary N) is 1. The van der Waals surface area contributed by atoms with Gasteiger partial charge in [0.05, 0.1) is 18.7 Å². The second kappa shape index (κ2) is 10.0. The summed E-state index contributed by atoms with van der Waals surface area (Å²) in [7, 11) is 1.61. The number of methoxy groups -OCH3 is 1. The topological polar surface area (TPSA) is 101 Å². The third-order valence-corrected chi connectivity index (χ3v) is 7.23. The Morgan fingerprint density at radius 1 is 1.32 bits per heavy atom. The molecule has 2 N–H and O–H groups in total. The summed E-state index contributed by atoms with van der Waals surface area (Å²) in [5.41, 5.74) is 1.61. The number of benzene rings is 1. The van der Waals surface area contributed by atoms with E-state index in [9.17, 15) is 14.7 Å². The molecule has 34 heavy (non-hydrogen) atoms. The molecule has 3 saturated heterocycles. The molecule has 2 aromatic rings. The van der Waals surface area contributed by atoms with Crippen LogP contribution < -0.4 is 10.1 Å². The molecule has 0 radical (unpaired) electrons. The van der Waals surface area contributed by atoms with Gasteiger partial charge in [0.1, 0.15) is 17.9 Å². The molecule has 3 aliphatic heterocycles. The number of aromatic nitrogens is 1. The van der Waals surface area contributed by atoms with Gasteiger partial charge in [0.15, 0.2) is 0 Å². The quantitative estimate of drug-likeness (QED) is 0.566. The number of alkyl carbamates (subject to hydrolysis) is 1. The van der Waals surface area contributed by atoms with E-state index >= 15 is 0 Å². The maximum Gasteiger partial charge on any atom is 0.408 e. The molecule has 2 unspecified atom stereocenters. The zero-order valence-electron chi connectivity index (χ0n) is 19.9. The van der Waals surface area contributed by atoms with Crippen molar-refractivity contribution in [2.75, 3.05) is 20.2 Å². The van der Waals surface area contributed by atoms with E-state index in [2.05, 4.69) is 21.8 Å². The molecule has 0 spiro atoms. The number of aliphatic carboxylic acids is 1. The lowest BCUT2D eigenvalue weighted by molar-refractivity contribution is -0.140. The first-order valence-corrected chi connectivity index (χ1v) is 11.8. The van der Waals surface area contributed by atoms with Gasteiger partial charge < -0.3 is 19.9 Å². The molecule has 5 rings (SSSR count). The van der Waals surface area contributed by atoms with E-state index < -0.39 is 24.2 Å². The Hall–Kier alpha value is -3.13.